The highest BCUT2D eigenvalue weighted by molar-refractivity contribution is 6.20. The fraction of sp³-hybridized carbons (Fsp3) is 0.167. The zero-order valence-corrected chi connectivity index (χ0v) is 12.6. The van der Waals surface area contributed by atoms with Crippen LogP contribution in [0.15, 0.2) is 54.6 Å². The Labute approximate surface area is 133 Å². The van der Waals surface area contributed by atoms with E-state index in [-0.39, 0.29) is 28.4 Å². The second kappa shape index (κ2) is 4.60. The molecule has 114 valence electrons. The molecule has 0 saturated carbocycles. The number of benzene rings is 2. The number of hydrogen-bond acceptors (Lipinski definition) is 3. The molecule has 5 heteroatoms. The molecular weight excluding hydrogens is 292 g/mol. The Bertz CT molecular complexity index is 811. The Morgan fingerprint density at radius 1 is 0.957 bits per heavy atom. The summed E-state index contributed by atoms with van der Waals surface area (Å²) in [4.78, 5) is 37.8. The fourth-order valence-corrected chi connectivity index (χ4v) is 3.45. The van der Waals surface area contributed by atoms with E-state index >= 15 is 0 Å². The summed E-state index contributed by atoms with van der Waals surface area (Å²) >= 11 is 0. The molecule has 2 aromatic carbocycles. The molecule has 1 saturated heterocycles. The lowest BCUT2D eigenvalue weighted by Gasteiger charge is -2.24. The molecule has 2 atom stereocenters. The lowest BCUT2D eigenvalue weighted by molar-refractivity contribution is -0.836. The van der Waals surface area contributed by atoms with E-state index in [0.717, 1.165) is 10.6 Å². The van der Waals surface area contributed by atoms with Crippen LogP contribution >= 0.6 is 0 Å². The number of quaternary nitrogens is 1. The van der Waals surface area contributed by atoms with Crippen molar-refractivity contribution in [3.63, 3.8) is 0 Å². The summed E-state index contributed by atoms with van der Waals surface area (Å²) < 4.78 is -0.240. The van der Waals surface area contributed by atoms with Gasteiger partial charge < -0.3 is 0 Å². The molecule has 2 aliphatic heterocycles. The minimum Gasteiger partial charge on any atom is -0.263 e. The van der Waals surface area contributed by atoms with Crippen LogP contribution in [0.4, 0.5) is 0 Å². The molecule has 0 bridgehead atoms. The molecule has 1 fully saturated rings. The Morgan fingerprint density at radius 2 is 1.48 bits per heavy atom. The number of carbonyl (C=O) groups is 3. The first kappa shape index (κ1) is 13.8. The van der Waals surface area contributed by atoms with E-state index < -0.39 is 0 Å². The largest absolute Gasteiger partial charge is 0.336 e. The number of carbonyl (C=O) groups excluding carboxylic acids is 3. The van der Waals surface area contributed by atoms with Gasteiger partial charge in [-0.15, -0.1) is 9.60 Å². The maximum Gasteiger partial charge on any atom is 0.336 e. The van der Waals surface area contributed by atoms with E-state index in [9.17, 15) is 14.4 Å². The van der Waals surface area contributed by atoms with Gasteiger partial charge in [0.05, 0.1) is 18.1 Å². The Kier molecular flexibility index (Phi) is 2.77. The molecule has 2 aromatic rings. The first-order valence-electron chi connectivity index (χ1n) is 7.49. The first-order valence-corrected chi connectivity index (χ1v) is 7.49. The zero-order chi connectivity index (χ0) is 16.2. The molecular formula is C18H15N2O3+. The fourth-order valence-electron chi connectivity index (χ4n) is 3.45. The molecule has 2 heterocycles. The topological polar surface area (TPSA) is 54.5 Å². The van der Waals surface area contributed by atoms with Crippen LogP contribution in [0.25, 0.3) is 0 Å². The van der Waals surface area contributed by atoms with E-state index in [4.69, 9.17) is 0 Å². The zero-order valence-electron chi connectivity index (χ0n) is 12.6. The van der Waals surface area contributed by atoms with Gasteiger partial charge in [0.1, 0.15) is 0 Å². The normalized spacial score (nSPS) is 25.4. The van der Waals surface area contributed by atoms with Crippen molar-refractivity contribution in [3.8, 4) is 0 Å². The van der Waals surface area contributed by atoms with Gasteiger partial charge in [0, 0.05) is 5.56 Å². The van der Waals surface area contributed by atoms with Gasteiger partial charge in [-0.2, -0.15) is 0 Å². The predicted molar refractivity (Wildman–Crippen MR) is 81.9 cm³/mol. The highest BCUT2D eigenvalue weighted by Gasteiger charge is 2.70. The predicted octanol–water partition coefficient (Wildman–Crippen LogP) is 2.32. The summed E-state index contributed by atoms with van der Waals surface area (Å²) in [6.45, 7) is 1.87. The van der Waals surface area contributed by atoms with E-state index in [1.54, 1.807) is 24.3 Å². The number of amides is 3. The van der Waals surface area contributed by atoms with E-state index in [1.165, 1.54) is 6.92 Å². The molecule has 23 heavy (non-hydrogen) atoms. The van der Waals surface area contributed by atoms with Crippen molar-refractivity contribution in [3.05, 3.63) is 71.3 Å². The van der Waals surface area contributed by atoms with Crippen molar-refractivity contribution in [1.29, 1.82) is 0 Å². The Hall–Kier alpha value is -2.79. The first-order chi connectivity index (χ1) is 11.1. The van der Waals surface area contributed by atoms with Gasteiger partial charge in [-0.25, -0.2) is 4.79 Å². The van der Waals surface area contributed by atoms with Crippen molar-refractivity contribution in [2.75, 3.05) is 6.54 Å². The third-order valence-corrected chi connectivity index (χ3v) is 4.69. The van der Waals surface area contributed by atoms with Crippen LogP contribution in [0, 0.1) is 0 Å². The van der Waals surface area contributed by atoms with Gasteiger partial charge in [-0.1, -0.05) is 42.5 Å². The van der Waals surface area contributed by atoms with E-state index in [1.807, 2.05) is 30.3 Å². The van der Waals surface area contributed by atoms with Crippen LogP contribution in [0.2, 0.25) is 0 Å². The molecule has 4 rings (SSSR count). The molecule has 0 N–H and O–H groups in total. The summed E-state index contributed by atoms with van der Waals surface area (Å²) in [6.07, 6.45) is 0. The number of hydrogen-bond donors (Lipinski definition) is 0. The molecule has 0 aliphatic carbocycles. The standard InChI is InChI=1S/C18H15N2O3/c1-12(21)20(11-16(20)13-7-3-2-4-8-13)19-17(22)14-9-5-6-10-15(14)18(19)23/h2-10,16H,11H2,1H3/q+1. The number of rotatable bonds is 2. The minimum atomic E-state index is -0.390. The van der Waals surface area contributed by atoms with Crippen molar-refractivity contribution < 1.29 is 19.0 Å². The quantitative estimate of drug-likeness (QED) is 0.486. The van der Waals surface area contributed by atoms with Crippen LogP contribution in [-0.2, 0) is 4.79 Å². The average molecular weight is 307 g/mol. The van der Waals surface area contributed by atoms with Gasteiger partial charge >= 0.3 is 17.7 Å². The highest BCUT2D eigenvalue weighted by atomic mass is 16.2. The molecule has 0 radical (unpaired) electrons. The van der Waals surface area contributed by atoms with Gasteiger partial charge in [-0.05, 0) is 12.1 Å². The molecule has 5 nitrogen and oxygen atoms in total. The highest BCUT2D eigenvalue weighted by Crippen LogP contribution is 2.49. The Balaban J connectivity index is 1.79. The van der Waals surface area contributed by atoms with Crippen LogP contribution in [0.5, 0.6) is 0 Å². The van der Waals surface area contributed by atoms with Crippen LogP contribution in [0.1, 0.15) is 39.2 Å². The number of fused-ring (bicyclic) bond motifs is 1. The van der Waals surface area contributed by atoms with Crippen molar-refractivity contribution >= 4 is 17.7 Å². The summed E-state index contributed by atoms with van der Waals surface area (Å²) in [6, 6.07) is 16.1. The summed E-state index contributed by atoms with van der Waals surface area (Å²) in [5.41, 5.74) is 1.70. The van der Waals surface area contributed by atoms with Crippen molar-refractivity contribution in [2.45, 2.75) is 13.0 Å². The average Bonchev–Trinajstić information content (AvgIpc) is 3.27. The summed E-state index contributed by atoms with van der Waals surface area (Å²) in [5.74, 6) is -0.980. The minimum absolute atomic E-state index is 0.184. The molecule has 0 aromatic heterocycles. The van der Waals surface area contributed by atoms with Gasteiger partial charge in [0.2, 0.25) is 0 Å². The molecule has 0 spiro atoms. The maximum atomic E-state index is 12.7. The van der Waals surface area contributed by atoms with Crippen LogP contribution in [-0.4, -0.2) is 33.9 Å². The van der Waals surface area contributed by atoms with E-state index in [0.29, 0.717) is 17.7 Å². The molecule has 3 amide bonds. The molecule has 2 aliphatic rings. The smallest absolute Gasteiger partial charge is 0.263 e. The lowest BCUT2D eigenvalue weighted by atomic mass is 10.1. The van der Waals surface area contributed by atoms with Crippen molar-refractivity contribution in [2.24, 2.45) is 0 Å². The number of imide groups is 1. The number of nitrogens with zero attached hydrogens (tertiary/aromatic N) is 2. The maximum absolute atomic E-state index is 12.7. The van der Waals surface area contributed by atoms with Gasteiger partial charge in [0.25, 0.3) is 0 Å². The summed E-state index contributed by atoms with van der Waals surface area (Å²) in [5, 5.41) is 1.13. The second-order valence-corrected chi connectivity index (χ2v) is 5.92. The lowest BCUT2D eigenvalue weighted by Crippen LogP contribution is -2.52. The van der Waals surface area contributed by atoms with Gasteiger partial charge in [-0.3, -0.25) is 9.59 Å². The SMILES string of the molecule is CC(=O)[N+]1(N2C(=O)c3ccccc3C2=O)CC1c1ccccc1. The third kappa shape index (κ3) is 1.74. The van der Waals surface area contributed by atoms with Gasteiger partial charge in [0.15, 0.2) is 12.6 Å². The second-order valence-electron chi connectivity index (χ2n) is 5.92. The van der Waals surface area contributed by atoms with Crippen molar-refractivity contribution in [1.82, 2.24) is 5.01 Å². The monoisotopic (exact) mass is 307 g/mol. The molecule has 2 unspecified atom stereocenters. The van der Waals surface area contributed by atoms with Crippen LogP contribution in [0.3, 0.4) is 0 Å². The Morgan fingerprint density at radius 3 is 2.00 bits per heavy atom. The third-order valence-electron chi connectivity index (χ3n) is 4.69. The van der Waals surface area contributed by atoms with Crippen LogP contribution < -0.4 is 0 Å². The summed E-state index contributed by atoms with van der Waals surface area (Å²) in [7, 11) is 0. The van der Waals surface area contributed by atoms with E-state index in [2.05, 4.69) is 0 Å².